The van der Waals surface area contributed by atoms with Crippen LogP contribution in [0.15, 0.2) is 17.5 Å². The molecule has 1 aromatic heterocycles. The molecular formula is C11H19N5O. The predicted octanol–water partition coefficient (Wildman–Crippen LogP) is 0.426. The van der Waals surface area contributed by atoms with Crippen LogP contribution in [0.2, 0.25) is 0 Å². The molecule has 0 saturated heterocycles. The minimum atomic E-state index is 0.207. The summed E-state index contributed by atoms with van der Waals surface area (Å²) in [7, 11) is 1.91. The predicted molar refractivity (Wildman–Crippen MR) is 64.6 cm³/mol. The van der Waals surface area contributed by atoms with Crippen molar-refractivity contribution >= 4 is 5.84 Å². The second-order valence-electron chi connectivity index (χ2n) is 4.89. The maximum absolute atomic E-state index is 8.56. The Morgan fingerprint density at radius 3 is 3.00 bits per heavy atom. The smallest absolute Gasteiger partial charge is 0.139 e. The van der Waals surface area contributed by atoms with E-state index in [1.807, 2.05) is 19.4 Å². The molecule has 2 rings (SSSR count). The summed E-state index contributed by atoms with van der Waals surface area (Å²) in [5.41, 5.74) is 6.92. The molecule has 0 bridgehead atoms. The third kappa shape index (κ3) is 3.20. The summed E-state index contributed by atoms with van der Waals surface area (Å²) in [6.07, 6.45) is 6.81. The molecule has 6 nitrogen and oxygen atoms in total. The fraction of sp³-hybridized carbons (Fsp3) is 0.636. The number of aromatic nitrogens is 2. The molecular weight excluding hydrogens is 218 g/mol. The number of oxime groups is 1. The van der Waals surface area contributed by atoms with Crippen LogP contribution >= 0.6 is 0 Å². The molecule has 1 aliphatic carbocycles. The summed E-state index contributed by atoms with van der Waals surface area (Å²) in [4.78, 5) is 0. The van der Waals surface area contributed by atoms with Crippen molar-refractivity contribution in [1.29, 1.82) is 0 Å². The van der Waals surface area contributed by atoms with Gasteiger partial charge in [-0.15, -0.1) is 0 Å². The van der Waals surface area contributed by atoms with Crippen molar-refractivity contribution < 1.29 is 5.21 Å². The van der Waals surface area contributed by atoms with Crippen molar-refractivity contribution in [2.75, 3.05) is 6.54 Å². The largest absolute Gasteiger partial charge is 0.409 e. The van der Waals surface area contributed by atoms with Crippen molar-refractivity contribution in [3.8, 4) is 0 Å². The van der Waals surface area contributed by atoms with E-state index in [1.54, 1.807) is 4.68 Å². The number of rotatable bonds is 6. The molecule has 0 aliphatic heterocycles. The Kier molecular flexibility index (Phi) is 3.33. The Balaban J connectivity index is 1.75. The van der Waals surface area contributed by atoms with Gasteiger partial charge in [-0.25, -0.2) is 0 Å². The first kappa shape index (κ1) is 11.9. The summed E-state index contributed by atoms with van der Waals surface area (Å²) in [5, 5.41) is 19.1. The lowest BCUT2D eigenvalue weighted by Gasteiger charge is -2.14. The van der Waals surface area contributed by atoms with Crippen LogP contribution in [0.3, 0.4) is 0 Å². The Morgan fingerprint density at radius 1 is 1.71 bits per heavy atom. The molecule has 17 heavy (non-hydrogen) atoms. The van der Waals surface area contributed by atoms with E-state index in [9.17, 15) is 0 Å². The number of nitrogens with two attached hydrogens (primary N) is 1. The molecule has 0 unspecified atom stereocenters. The van der Waals surface area contributed by atoms with Gasteiger partial charge in [-0.2, -0.15) is 5.10 Å². The van der Waals surface area contributed by atoms with Gasteiger partial charge < -0.3 is 16.3 Å². The molecule has 0 radical (unpaired) electrons. The Morgan fingerprint density at radius 2 is 2.47 bits per heavy atom. The molecule has 1 heterocycles. The lowest BCUT2D eigenvalue weighted by Crippen LogP contribution is -2.28. The van der Waals surface area contributed by atoms with Gasteiger partial charge in [0.15, 0.2) is 0 Å². The molecule has 1 saturated carbocycles. The van der Waals surface area contributed by atoms with Gasteiger partial charge >= 0.3 is 0 Å². The minimum absolute atomic E-state index is 0.207. The van der Waals surface area contributed by atoms with Gasteiger partial charge in [-0.05, 0) is 18.3 Å². The molecule has 0 aromatic carbocycles. The van der Waals surface area contributed by atoms with E-state index in [2.05, 4.69) is 15.6 Å². The minimum Gasteiger partial charge on any atom is -0.409 e. The van der Waals surface area contributed by atoms with E-state index in [1.165, 1.54) is 5.56 Å². The highest BCUT2D eigenvalue weighted by molar-refractivity contribution is 5.80. The molecule has 0 atom stereocenters. The number of nitrogens with one attached hydrogen (secondary N) is 1. The Labute approximate surface area is 100 Å². The van der Waals surface area contributed by atoms with Crippen molar-refractivity contribution in [1.82, 2.24) is 15.1 Å². The molecule has 94 valence electrons. The van der Waals surface area contributed by atoms with Gasteiger partial charge in [-0.3, -0.25) is 4.68 Å². The lowest BCUT2D eigenvalue weighted by atomic mass is 10.0. The molecule has 0 amide bonds. The van der Waals surface area contributed by atoms with E-state index in [-0.39, 0.29) is 5.41 Å². The van der Waals surface area contributed by atoms with Gasteiger partial charge in [0, 0.05) is 38.3 Å². The summed E-state index contributed by atoms with van der Waals surface area (Å²) in [5.74, 6) is 0.325. The normalized spacial score (nSPS) is 18.3. The third-order valence-electron chi connectivity index (χ3n) is 3.23. The maximum atomic E-state index is 8.56. The van der Waals surface area contributed by atoms with Crippen LogP contribution in [-0.2, 0) is 13.6 Å². The van der Waals surface area contributed by atoms with Crippen LogP contribution in [0.4, 0.5) is 0 Å². The number of nitrogens with zero attached hydrogens (tertiary/aromatic N) is 3. The van der Waals surface area contributed by atoms with E-state index < -0.39 is 0 Å². The van der Waals surface area contributed by atoms with Crippen LogP contribution in [-0.4, -0.2) is 27.4 Å². The van der Waals surface area contributed by atoms with E-state index in [0.717, 1.165) is 25.9 Å². The first-order chi connectivity index (χ1) is 8.13. The van der Waals surface area contributed by atoms with Gasteiger partial charge in [-0.1, -0.05) is 5.16 Å². The first-order valence-corrected chi connectivity index (χ1v) is 5.78. The summed E-state index contributed by atoms with van der Waals surface area (Å²) in [6, 6.07) is 0. The molecule has 0 spiro atoms. The molecule has 1 aromatic rings. The standard InChI is InChI=1S/C11H19N5O/c1-16-7-9(6-14-16)5-13-8-11(2-3-11)4-10(12)15-17/h6-7,13,17H,2-5,8H2,1H3,(H2,12,15). The zero-order valence-corrected chi connectivity index (χ0v) is 10.1. The monoisotopic (exact) mass is 237 g/mol. The highest BCUT2D eigenvalue weighted by atomic mass is 16.4. The van der Waals surface area contributed by atoms with Gasteiger partial charge in [0.1, 0.15) is 5.84 Å². The van der Waals surface area contributed by atoms with Crippen LogP contribution in [0.5, 0.6) is 0 Å². The van der Waals surface area contributed by atoms with Crippen molar-refractivity contribution in [2.24, 2.45) is 23.4 Å². The van der Waals surface area contributed by atoms with Crippen LogP contribution in [0.25, 0.3) is 0 Å². The third-order valence-corrected chi connectivity index (χ3v) is 3.23. The number of hydrogen-bond acceptors (Lipinski definition) is 4. The van der Waals surface area contributed by atoms with E-state index in [4.69, 9.17) is 10.9 Å². The van der Waals surface area contributed by atoms with Crippen LogP contribution in [0, 0.1) is 5.41 Å². The average molecular weight is 237 g/mol. The number of aryl methyl sites for hydroxylation is 1. The number of amidine groups is 1. The van der Waals surface area contributed by atoms with Crippen molar-refractivity contribution in [3.05, 3.63) is 18.0 Å². The average Bonchev–Trinajstić information content (AvgIpc) is 2.93. The summed E-state index contributed by atoms with van der Waals surface area (Å²) in [6.45, 7) is 1.71. The maximum Gasteiger partial charge on any atom is 0.139 e. The van der Waals surface area contributed by atoms with Gasteiger partial charge in [0.2, 0.25) is 0 Å². The van der Waals surface area contributed by atoms with Crippen LogP contribution in [0.1, 0.15) is 24.8 Å². The van der Waals surface area contributed by atoms with Crippen molar-refractivity contribution in [2.45, 2.75) is 25.8 Å². The summed E-state index contributed by atoms with van der Waals surface area (Å²) >= 11 is 0. The van der Waals surface area contributed by atoms with E-state index in [0.29, 0.717) is 12.3 Å². The summed E-state index contributed by atoms with van der Waals surface area (Å²) < 4.78 is 1.79. The van der Waals surface area contributed by atoms with E-state index >= 15 is 0 Å². The quantitative estimate of drug-likeness (QED) is 0.290. The molecule has 6 heteroatoms. The highest BCUT2D eigenvalue weighted by Crippen LogP contribution is 2.48. The molecule has 4 N–H and O–H groups in total. The Bertz CT molecular complexity index is 408. The Hall–Kier alpha value is -1.56. The first-order valence-electron chi connectivity index (χ1n) is 5.78. The van der Waals surface area contributed by atoms with Crippen LogP contribution < -0.4 is 11.1 Å². The zero-order chi connectivity index (χ0) is 12.3. The topological polar surface area (TPSA) is 88.5 Å². The highest BCUT2D eigenvalue weighted by Gasteiger charge is 2.42. The number of hydrogen-bond donors (Lipinski definition) is 3. The SMILES string of the molecule is Cn1cc(CNCC2(CC(N)=NO)CC2)cn1. The second-order valence-corrected chi connectivity index (χ2v) is 4.89. The molecule has 1 fully saturated rings. The fourth-order valence-corrected chi connectivity index (χ4v) is 2.05. The zero-order valence-electron chi connectivity index (χ0n) is 10.1. The lowest BCUT2D eigenvalue weighted by molar-refractivity contribution is 0.314. The fourth-order valence-electron chi connectivity index (χ4n) is 2.05. The van der Waals surface area contributed by atoms with Gasteiger partial charge in [0.25, 0.3) is 0 Å². The molecule has 1 aliphatic rings. The van der Waals surface area contributed by atoms with Gasteiger partial charge in [0.05, 0.1) is 6.20 Å². The van der Waals surface area contributed by atoms with Crippen molar-refractivity contribution in [3.63, 3.8) is 0 Å². The second kappa shape index (κ2) is 4.75.